The fourth-order valence-electron chi connectivity index (χ4n) is 4.46. The second kappa shape index (κ2) is 5.20. The zero-order valence-corrected chi connectivity index (χ0v) is 13.0. The van der Waals surface area contributed by atoms with Crippen LogP contribution in [0.25, 0.3) is 0 Å². The number of fused-ring (bicyclic) bond motifs is 1. The number of amides is 1. The summed E-state index contributed by atoms with van der Waals surface area (Å²) in [6, 6.07) is 5.05. The molecule has 2 aliphatic heterocycles. The Bertz CT molecular complexity index is 657. The number of hydrogen-bond donors (Lipinski definition) is 2. The molecule has 1 saturated carbocycles. The van der Waals surface area contributed by atoms with Gasteiger partial charge < -0.3 is 10.5 Å². The molecule has 4 nitrogen and oxygen atoms in total. The summed E-state index contributed by atoms with van der Waals surface area (Å²) in [5, 5.41) is 3.38. The van der Waals surface area contributed by atoms with Crippen molar-refractivity contribution < 1.29 is 22.7 Å². The van der Waals surface area contributed by atoms with Crippen molar-refractivity contribution >= 4 is 5.91 Å². The molecule has 1 aromatic carbocycles. The van der Waals surface area contributed by atoms with E-state index in [1.165, 1.54) is 0 Å². The Labute approximate surface area is 137 Å². The van der Waals surface area contributed by atoms with Gasteiger partial charge in [0, 0.05) is 17.4 Å². The lowest BCUT2D eigenvalue weighted by atomic mass is 9.77. The minimum atomic E-state index is -4.34. The molecule has 0 spiro atoms. The van der Waals surface area contributed by atoms with Crippen molar-refractivity contribution in [2.24, 2.45) is 17.6 Å². The number of carbonyl (C=O) groups excluding carboxylic acids is 1. The Kier molecular flexibility index (Phi) is 3.44. The summed E-state index contributed by atoms with van der Waals surface area (Å²) >= 11 is 0. The highest BCUT2D eigenvalue weighted by Gasteiger charge is 2.66. The van der Waals surface area contributed by atoms with E-state index in [0.717, 1.165) is 24.1 Å². The zero-order valence-electron chi connectivity index (χ0n) is 13.0. The predicted octanol–water partition coefficient (Wildman–Crippen LogP) is 2.04. The van der Waals surface area contributed by atoms with E-state index in [1.807, 2.05) is 0 Å². The lowest BCUT2D eigenvalue weighted by Crippen LogP contribution is -2.50. The van der Waals surface area contributed by atoms with E-state index in [-0.39, 0.29) is 29.3 Å². The van der Waals surface area contributed by atoms with Crippen molar-refractivity contribution in [1.29, 1.82) is 0 Å². The molecule has 0 aromatic heterocycles. The molecule has 3 N–H and O–H groups in total. The fraction of sp³-hybridized carbons (Fsp3) is 0.588. The lowest BCUT2D eigenvalue weighted by Gasteiger charge is -2.39. The highest BCUT2D eigenvalue weighted by atomic mass is 19.4. The van der Waals surface area contributed by atoms with Crippen LogP contribution < -0.4 is 11.1 Å². The maximum Gasteiger partial charge on any atom is 0.416 e. The van der Waals surface area contributed by atoms with E-state index in [1.54, 1.807) is 12.1 Å². The average molecular weight is 340 g/mol. The molecule has 4 rings (SSSR count). The molecule has 3 fully saturated rings. The molecular formula is C17H19F3N2O2. The maximum absolute atomic E-state index is 12.8. The van der Waals surface area contributed by atoms with Crippen LogP contribution in [-0.4, -0.2) is 30.7 Å². The standard InChI is InChI=1S/C17H19F3N2O2/c18-17(19,20)11-3-1-9(2-4-11)14(10-7-24-8-10)16-6-12(16)5-13(22-16)15(21)23/h1-4,10,12-14,22H,5-8H2,(H2,21,23)/t12?,13?,14-,16?/m0/s1. The molecule has 0 bridgehead atoms. The van der Waals surface area contributed by atoms with Crippen LogP contribution >= 0.6 is 0 Å². The van der Waals surface area contributed by atoms with Gasteiger partial charge in [0.1, 0.15) is 0 Å². The summed E-state index contributed by atoms with van der Waals surface area (Å²) in [5.74, 6) is 0.286. The molecule has 3 aliphatic rings. The van der Waals surface area contributed by atoms with E-state index in [0.29, 0.717) is 25.6 Å². The van der Waals surface area contributed by atoms with Gasteiger partial charge in [-0.3, -0.25) is 10.1 Å². The minimum Gasteiger partial charge on any atom is -0.381 e. The van der Waals surface area contributed by atoms with Gasteiger partial charge in [-0.1, -0.05) is 12.1 Å². The van der Waals surface area contributed by atoms with E-state index < -0.39 is 11.7 Å². The number of carbonyl (C=O) groups is 1. The largest absolute Gasteiger partial charge is 0.416 e. The van der Waals surface area contributed by atoms with E-state index in [2.05, 4.69) is 5.32 Å². The number of hydrogen-bond acceptors (Lipinski definition) is 3. The molecule has 4 atom stereocenters. The maximum atomic E-state index is 12.8. The summed E-state index contributed by atoms with van der Waals surface area (Å²) in [5.41, 5.74) is 5.42. The van der Waals surface area contributed by atoms with Crippen LogP contribution in [0.4, 0.5) is 13.2 Å². The molecule has 1 aromatic rings. The molecular weight excluding hydrogens is 321 g/mol. The number of rotatable bonds is 4. The minimum absolute atomic E-state index is 0.0443. The molecule has 130 valence electrons. The number of piperidine rings is 1. The Morgan fingerprint density at radius 3 is 2.42 bits per heavy atom. The van der Waals surface area contributed by atoms with Crippen molar-refractivity contribution in [2.75, 3.05) is 13.2 Å². The molecule has 2 saturated heterocycles. The smallest absolute Gasteiger partial charge is 0.381 e. The van der Waals surface area contributed by atoms with Crippen LogP contribution in [-0.2, 0) is 15.7 Å². The Hall–Kier alpha value is -1.60. The number of nitrogens with one attached hydrogen (secondary N) is 1. The number of nitrogens with two attached hydrogens (primary N) is 1. The van der Waals surface area contributed by atoms with Crippen molar-refractivity contribution in [3.8, 4) is 0 Å². The van der Waals surface area contributed by atoms with Crippen molar-refractivity contribution in [1.82, 2.24) is 5.32 Å². The van der Waals surface area contributed by atoms with Gasteiger partial charge in [-0.25, -0.2) is 0 Å². The van der Waals surface area contributed by atoms with Crippen LogP contribution in [0, 0.1) is 11.8 Å². The summed E-state index contributed by atoms with van der Waals surface area (Å²) in [6.07, 6.45) is -2.70. The average Bonchev–Trinajstić information content (AvgIpc) is 3.03. The summed E-state index contributed by atoms with van der Waals surface area (Å²) in [6.45, 7) is 1.20. The molecule has 0 radical (unpaired) electrons. The first kappa shape index (κ1) is 15.9. The Morgan fingerprint density at radius 2 is 1.96 bits per heavy atom. The summed E-state index contributed by atoms with van der Waals surface area (Å²) in [4.78, 5) is 11.5. The van der Waals surface area contributed by atoms with Gasteiger partial charge in [-0.2, -0.15) is 13.2 Å². The van der Waals surface area contributed by atoms with Crippen LogP contribution in [0.1, 0.15) is 29.9 Å². The van der Waals surface area contributed by atoms with Crippen molar-refractivity contribution in [3.63, 3.8) is 0 Å². The number of benzene rings is 1. The number of ether oxygens (including phenoxy) is 1. The second-order valence-corrected chi connectivity index (χ2v) is 7.17. The first-order chi connectivity index (χ1) is 11.3. The first-order valence-corrected chi connectivity index (χ1v) is 8.13. The monoisotopic (exact) mass is 340 g/mol. The molecule has 7 heteroatoms. The quantitative estimate of drug-likeness (QED) is 0.882. The fourth-order valence-corrected chi connectivity index (χ4v) is 4.46. The van der Waals surface area contributed by atoms with Crippen molar-refractivity contribution in [3.05, 3.63) is 35.4 Å². The van der Waals surface area contributed by atoms with Gasteiger partial charge >= 0.3 is 6.18 Å². The molecule has 1 amide bonds. The molecule has 1 aliphatic carbocycles. The van der Waals surface area contributed by atoms with Gasteiger partial charge in [0.25, 0.3) is 0 Å². The number of primary amides is 1. The molecule has 2 heterocycles. The third kappa shape index (κ3) is 2.41. The van der Waals surface area contributed by atoms with Gasteiger partial charge in [-0.05, 0) is 36.5 Å². The number of alkyl halides is 3. The van der Waals surface area contributed by atoms with Gasteiger partial charge in [0.2, 0.25) is 5.91 Å². The zero-order chi connectivity index (χ0) is 17.1. The highest BCUT2D eigenvalue weighted by Crippen LogP contribution is 2.61. The third-order valence-corrected chi connectivity index (χ3v) is 5.75. The van der Waals surface area contributed by atoms with Gasteiger partial charge in [0.05, 0.1) is 24.8 Å². The van der Waals surface area contributed by atoms with Crippen LogP contribution in [0.15, 0.2) is 24.3 Å². The van der Waals surface area contributed by atoms with E-state index >= 15 is 0 Å². The summed E-state index contributed by atoms with van der Waals surface area (Å²) < 4.78 is 43.7. The van der Waals surface area contributed by atoms with Crippen LogP contribution in [0.3, 0.4) is 0 Å². The SMILES string of the molecule is NC(=O)C1CC2CC2([C@@H](c2ccc(C(F)(F)F)cc2)C2COC2)N1. The van der Waals surface area contributed by atoms with Gasteiger partial charge in [0.15, 0.2) is 0 Å². The van der Waals surface area contributed by atoms with Crippen LogP contribution in [0.5, 0.6) is 0 Å². The Balaban J connectivity index is 1.63. The normalized spacial score (nSPS) is 33.6. The second-order valence-electron chi connectivity index (χ2n) is 7.17. The van der Waals surface area contributed by atoms with Crippen molar-refractivity contribution in [2.45, 2.75) is 36.5 Å². The number of halogens is 3. The first-order valence-electron chi connectivity index (χ1n) is 8.13. The summed E-state index contributed by atoms with van der Waals surface area (Å²) in [7, 11) is 0. The van der Waals surface area contributed by atoms with Crippen LogP contribution in [0.2, 0.25) is 0 Å². The molecule has 3 unspecified atom stereocenters. The van der Waals surface area contributed by atoms with E-state index in [4.69, 9.17) is 10.5 Å². The van der Waals surface area contributed by atoms with E-state index in [9.17, 15) is 18.0 Å². The third-order valence-electron chi connectivity index (χ3n) is 5.75. The topological polar surface area (TPSA) is 64.4 Å². The lowest BCUT2D eigenvalue weighted by molar-refractivity contribution is -0.137. The predicted molar refractivity (Wildman–Crippen MR) is 80.1 cm³/mol. The highest BCUT2D eigenvalue weighted by molar-refractivity contribution is 5.81. The van der Waals surface area contributed by atoms with Gasteiger partial charge in [-0.15, -0.1) is 0 Å². The Morgan fingerprint density at radius 1 is 1.29 bits per heavy atom. The molecule has 24 heavy (non-hydrogen) atoms.